The molecule has 0 aliphatic heterocycles. The van der Waals surface area contributed by atoms with Gasteiger partial charge in [-0.1, -0.05) is 24.3 Å². The molecule has 0 bridgehead atoms. The van der Waals surface area contributed by atoms with Gasteiger partial charge < -0.3 is 5.32 Å². The van der Waals surface area contributed by atoms with Crippen molar-refractivity contribution in [2.45, 2.75) is 20.4 Å². The first-order valence-corrected chi connectivity index (χ1v) is 8.09. The zero-order valence-electron chi connectivity index (χ0n) is 12.1. The molecule has 0 amide bonds. The van der Waals surface area contributed by atoms with Crippen molar-refractivity contribution in [2.24, 2.45) is 5.14 Å². The lowest BCUT2D eigenvalue weighted by Gasteiger charge is -2.10. The molecule has 0 spiro atoms. The van der Waals surface area contributed by atoms with Gasteiger partial charge in [0.1, 0.15) is 0 Å². The Morgan fingerprint density at radius 3 is 2.38 bits per heavy atom. The summed E-state index contributed by atoms with van der Waals surface area (Å²) in [6.07, 6.45) is 0. The van der Waals surface area contributed by atoms with E-state index in [4.69, 9.17) is 5.14 Å². The second-order valence-corrected chi connectivity index (χ2v) is 6.29. The summed E-state index contributed by atoms with van der Waals surface area (Å²) in [6, 6.07) is 13.3. The van der Waals surface area contributed by atoms with Crippen molar-refractivity contribution in [3.63, 3.8) is 0 Å². The monoisotopic (exact) mass is 305 g/mol. The van der Waals surface area contributed by atoms with Gasteiger partial charge in [0.25, 0.3) is 10.2 Å². The lowest BCUT2D eigenvalue weighted by atomic mass is 10.1. The molecule has 0 fully saturated rings. The topological polar surface area (TPSA) is 84.2 Å². The van der Waals surface area contributed by atoms with Crippen LogP contribution < -0.4 is 15.2 Å². The van der Waals surface area contributed by atoms with Crippen LogP contribution in [0.3, 0.4) is 0 Å². The highest BCUT2D eigenvalue weighted by Crippen LogP contribution is 2.17. The summed E-state index contributed by atoms with van der Waals surface area (Å²) in [7, 11) is -3.75. The van der Waals surface area contributed by atoms with Crippen LogP contribution >= 0.6 is 0 Å². The van der Waals surface area contributed by atoms with Crippen LogP contribution in [0.2, 0.25) is 0 Å². The Hall–Kier alpha value is -2.05. The maximum absolute atomic E-state index is 11.0. The van der Waals surface area contributed by atoms with Crippen molar-refractivity contribution in [1.82, 2.24) is 0 Å². The average molecular weight is 305 g/mol. The Labute approximate surface area is 125 Å². The molecule has 0 unspecified atom stereocenters. The molecule has 6 heteroatoms. The zero-order chi connectivity index (χ0) is 15.5. The van der Waals surface area contributed by atoms with Gasteiger partial charge in [-0.15, -0.1) is 0 Å². The van der Waals surface area contributed by atoms with Crippen molar-refractivity contribution in [3.05, 3.63) is 59.2 Å². The summed E-state index contributed by atoms with van der Waals surface area (Å²) in [5, 5.41) is 8.21. The van der Waals surface area contributed by atoms with Crippen LogP contribution in [0.1, 0.15) is 16.7 Å². The fourth-order valence-corrected chi connectivity index (χ4v) is 2.43. The van der Waals surface area contributed by atoms with Gasteiger partial charge in [0.05, 0.1) is 5.69 Å². The summed E-state index contributed by atoms with van der Waals surface area (Å²) >= 11 is 0. The fourth-order valence-electron chi connectivity index (χ4n) is 1.97. The van der Waals surface area contributed by atoms with Gasteiger partial charge >= 0.3 is 0 Å². The molecular formula is C15H19N3O2S. The first-order valence-electron chi connectivity index (χ1n) is 6.54. The van der Waals surface area contributed by atoms with E-state index in [0.717, 1.165) is 5.69 Å². The molecule has 2 rings (SSSR count). The van der Waals surface area contributed by atoms with E-state index in [1.54, 1.807) is 18.2 Å². The Balaban J connectivity index is 2.06. The van der Waals surface area contributed by atoms with Gasteiger partial charge in [-0.25, -0.2) is 5.14 Å². The number of hydrogen-bond acceptors (Lipinski definition) is 3. The van der Waals surface area contributed by atoms with Gasteiger partial charge in [-0.3, -0.25) is 4.72 Å². The van der Waals surface area contributed by atoms with Gasteiger partial charge in [0.15, 0.2) is 0 Å². The fraction of sp³-hybridized carbons (Fsp3) is 0.200. The lowest BCUT2D eigenvalue weighted by molar-refractivity contribution is 0.603. The highest BCUT2D eigenvalue weighted by atomic mass is 32.2. The molecule has 21 heavy (non-hydrogen) atoms. The first kappa shape index (κ1) is 15.3. The number of aryl methyl sites for hydroxylation is 2. The largest absolute Gasteiger partial charge is 0.381 e. The van der Waals surface area contributed by atoms with Crippen LogP contribution in [0.15, 0.2) is 42.5 Å². The molecule has 0 aromatic heterocycles. The third-order valence-corrected chi connectivity index (χ3v) is 3.71. The van der Waals surface area contributed by atoms with Crippen molar-refractivity contribution in [2.75, 3.05) is 10.0 Å². The Morgan fingerprint density at radius 1 is 1.00 bits per heavy atom. The second-order valence-electron chi connectivity index (χ2n) is 5.00. The molecule has 5 nitrogen and oxygen atoms in total. The van der Waals surface area contributed by atoms with E-state index in [1.165, 1.54) is 16.7 Å². The van der Waals surface area contributed by atoms with E-state index in [0.29, 0.717) is 12.2 Å². The Kier molecular flexibility index (Phi) is 4.50. The van der Waals surface area contributed by atoms with E-state index in [-0.39, 0.29) is 0 Å². The predicted molar refractivity (Wildman–Crippen MR) is 86.4 cm³/mol. The van der Waals surface area contributed by atoms with Gasteiger partial charge in [0.2, 0.25) is 0 Å². The molecule has 2 aromatic rings. The molecule has 0 heterocycles. The molecule has 0 atom stereocenters. The Bertz CT molecular complexity index is 742. The minimum Gasteiger partial charge on any atom is -0.381 e. The molecule has 0 saturated carbocycles. The average Bonchev–Trinajstić information content (AvgIpc) is 2.39. The summed E-state index contributed by atoms with van der Waals surface area (Å²) in [4.78, 5) is 0. The van der Waals surface area contributed by atoms with E-state index in [2.05, 4.69) is 42.1 Å². The highest BCUT2D eigenvalue weighted by molar-refractivity contribution is 7.90. The molecule has 4 N–H and O–H groups in total. The SMILES string of the molecule is Cc1ccc(CNc2cccc(NS(N)(=O)=O)c2)cc1C. The summed E-state index contributed by atoms with van der Waals surface area (Å²) in [6.45, 7) is 4.82. The van der Waals surface area contributed by atoms with Crippen molar-refractivity contribution < 1.29 is 8.42 Å². The predicted octanol–water partition coefficient (Wildman–Crippen LogP) is 2.53. The highest BCUT2D eigenvalue weighted by Gasteiger charge is 2.03. The number of anilines is 2. The summed E-state index contributed by atoms with van der Waals surface area (Å²) < 4.78 is 24.3. The van der Waals surface area contributed by atoms with E-state index in [9.17, 15) is 8.42 Å². The van der Waals surface area contributed by atoms with Crippen molar-refractivity contribution in [3.8, 4) is 0 Å². The smallest absolute Gasteiger partial charge is 0.296 e. The molecule has 0 radical (unpaired) electrons. The molecule has 0 saturated heterocycles. The van der Waals surface area contributed by atoms with Crippen LogP contribution in [0.25, 0.3) is 0 Å². The van der Waals surface area contributed by atoms with Gasteiger partial charge in [-0.05, 0) is 48.7 Å². The first-order chi connectivity index (χ1) is 9.83. The van der Waals surface area contributed by atoms with E-state index >= 15 is 0 Å². The molecule has 2 aromatic carbocycles. The Morgan fingerprint density at radius 2 is 1.71 bits per heavy atom. The molecule has 112 valence electrons. The molecule has 0 aliphatic carbocycles. The van der Waals surface area contributed by atoms with E-state index in [1.807, 2.05) is 6.07 Å². The summed E-state index contributed by atoms with van der Waals surface area (Å²) in [5.41, 5.74) is 4.93. The normalized spacial score (nSPS) is 11.2. The maximum atomic E-state index is 11.0. The van der Waals surface area contributed by atoms with Crippen molar-refractivity contribution in [1.29, 1.82) is 0 Å². The van der Waals surface area contributed by atoms with Gasteiger partial charge in [0, 0.05) is 12.2 Å². The number of benzene rings is 2. The number of hydrogen-bond donors (Lipinski definition) is 3. The molecule has 0 aliphatic rings. The van der Waals surface area contributed by atoms with Gasteiger partial charge in [-0.2, -0.15) is 8.42 Å². The maximum Gasteiger partial charge on any atom is 0.296 e. The van der Waals surface area contributed by atoms with E-state index < -0.39 is 10.2 Å². The van der Waals surface area contributed by atoms with Crippen LogP contribution in [0.5, 0.6) is 0 Å². The third-order valence-electron chi connectivity index (χ3n) is 3.19. The lowest BCUT2D eigenvalue weighted by Crippen LogP contribution is -2.21. The van der Waals surface area contributed by atoms with Crippen LogP contribution in [-0.2, 0) is 16.8 Å². The minimum atomic E-state index is -3.75. The van der Waals surface area contributed by atoms with Crippen LogP contribution in [0.4, 0.5) is 11.4 Å². The number of rotatable bonds is 5. The number of nitrogens with one attached hydrogen (secondary N) is 2. The minimum absolute atomic E-state index is 0.433. The standard InChI is InChI=1S/C15H19N3O2S/c1-11-6-7-13(8-12(11)2)10-17-14-4-3-5-15(9-14)18-21(16,19)20/h3-9,17-18H,10H2,1-2H3,(H2,16,19,20). The van der Waals surface area contributed by atoms with Crippen LogP contribution in [-0.4, -0.2) is 8.42 Å². The molecular weight excluding hydrogens is 286 g/mol. The zero-order valence-corrected chi connectivity index (χ0v) is 12.9. The van der Waals surface area contributed by atoms with Crippen LogP contribution in [0, 0.1) is 13.8 Å². The summed E-state index contributed by atoms with van der Waals surface area (Å²) in [5.74, 6) is 0. The third kappa shape index (κ3) is 4.77. The quantitative estimate of drug-likeness (QED) is 0.793. The second kappa shape index (κ2) is 6.15. The number of nitrogens with two attached hydrogens (primary N) is 1. The van der Waals surface area contributed by atoms with Crippen molar-refractivity contribution >= 4 is 21.6 Å².